The molecular weight excluding hydrogens is 373 g/mol. The highest BCUT2D eigenvalue weighted by Crippen LogP contribution is 2.52. The summed E-state index contributed by atoms with van der Waals surface area (Å²) in [7, 11) is 0. The van der Waals surface area contributed by atoms with Gasteiger partial charge in [-0.15, -0.1) is 0 Å². The second-order valence-electron chi connectivity index (χ2n) is 6.65. The van der Waals surface area contributed by atoms with Gasteiger partial charge in [0.25, 0.3) is 0 Å². The van der Waals surface area contributed by atoms with Crippen LogP contribution in [0.15, 0.2) is 0 Å². The molecule has 3 nitrogen and oxygen atoms in total. The number of anilines is 1. The lowest BCUT2D eigenvalue weighted by Crippen LogP contribution is -2.16. The van der Waals surface area contributed by atoms with Gasteiger partial charge >= 0.3 is 0 Å². The molecule has 0 aromatic carbocycles. The van der Waals surface area contributed by atoms with Crippen molar-refractivity contribution >= 4 is 28.4 Å². The standard InChI is InChI=1S/C17H26IN3/c1-3-5-14-15(18)17(19-8-4-2)21-16(20-14)13-10-11-6-7-12(13)9-11/h11-13H,3-10H2,1-2H3,(H,19,20,21). The van der Waals surface area contributed by atoms with Gasteiger partial charge in [-0.2, -0.15) is 0 Å². The molecule has 116 valence electrons. The number of hydrogen-bond acceptors (Lipinski definition) is 3. The molecule has 2 aliphatic rings. The summed E-state index contributed by atoms with van der Waals surface area (Å²) in [5.74, 6) is 4.63. The quantitative estimate of drug-likeness (QED) is 0.701. The number of aryl methyl sites for hydroxylation is 1. The summed E-state index contributed by atoms with van der Waals surface area (Å²) < 4.78 is 1.23. The van der Waals surface area contributed by atoms with Gasteiger partial charge in [0.05, 0.1) is 9.26 Å². The maximum Gasteiger partial charge on any atom is 0.143 e. The van der Waals surface area contributed by atoms with Crippen LogP contribution in [0.1, 0.15) is 69.8 Å². The van der Waals surface area contributed by atoms with Crippen molar-refractivity contribution in [3.05, 3.63) is 15.1 Å². The predicted molar refractivity (Wildman–Crippen MR) is 95.7 cm³/mol. The molecule has 2 aliphatic carbocycles. The molecule has 3 rings (SSSR count). The molecule has 2 fully saturated rings. The van der Waals surface area contributed by atoms with Crippen LogP contribution in [-0.4, -0.2) is 16.5 Å². The minimum atomic E-state index is 0.624. The summed E-state index contributed by atoms with van der Waals surface area (Å²) in [6.45, 7) is 5.42. The molecule has 2 saturated carbocycles. The summed E-state index contributed by atoms with van der Waals surface area (Å²) in [5.41, 5.74) is 1.25. The molecule has 1 N–H and O–H groups in total. The van der Waals surface area contributed by atoms with Crippen LogP contribution in [0.5, 0.6) is 0 Å². The lowest BCUT2D eigenvalue weighted by Gasteiger charge is -2.22. The summed E-state index contributed by atoms with van der Waals surface area (Å²) >= 11 is 2.42. The smallest absolute Gasteiger partial charge is 0.143 e. The van der Waals surface area contributed by atoms with E-state index in [0.29, 0.717) is 5.92 Å². The molecule has 0 amide bonds. The molecule has 3 unspecified atom stereocenters. The molecule has 1 aromatic heterocycles. The minimum absolute atomic E-state index is 0.624. The first-order chi connectivity index (χ1) is 10.2. The van der Waals surface area contributed by atoms with Crippen molar-refractivity contribution in [2.45, 2.75) is 64.7 Å². The van der Waals surface area contributed by atoms with Crippen LogP contribution >= 0.6 is 22.6 Å². The zero-order chi connectivity index (χ0) is 14.8. The molecule has 0 spiro atoms. The Morgan fingerprint density at radius 1 is 1.14 bits per heavy atom. The number of halogens is 1. The van der Waals surface area contributed by atoms with Gasteiger partial charge in [-0.25, -0.2) is 9.97 Å². The highest BCUT2D eigenvalue weighted by Gasteiger charge is 2.41. The van der Waals surface area contributed by atoms with Crippen molar-refractivity contribution in [1.29, 1.82) is 0 Å². The van der Waals surface area contributed by atoms with E-state index in [1.165, 1.54) is 34.9 Å². The summed E-state index contributed by atoms with van der Waals surface area (Å²) in [5, 5.41) is 3.51. The second kappa shape index (κ2) is 6.80. The van der Waals surface area contributed by atoms with Crippen LogP contribution in [0.3, 0.4) is 0 Å². The molecule has 1 heterocycles. The van der Waals surface area contributed by atoms with E-state index in [-0.39, 0.29) is 0 Å². The molecule has 2 bridgehead atoms. The Morgan fingerprint density at radius 3 is 2.62 bits per heavy atom. The molecule has 4 heteroatoms. The average Bonchev–Trinajstić information content (AvgIpc) is 3.11. The third kappa shape index (κ3) is 3.20. The van der Waals surface area contributed by atoms with Crippen LogP contribution in [-0.2, 0) is 6.42 Å². The van der Waals surface area contributed by atoms with Crippen molar-refractivity contribution in [1.82, 2.24) is 9.97 Å². The van der Waals surface area contributed by atoms with Crippen molar-refractivity contribution in [3.8, 4) is 0 Å². The molecule has 3 atom stereocenters. The predicted octanol–water partition coefficient (Wildman–Crippen LogP) is 4.76. The topological polar surface area (TPSA) is 37.8 Å². The lowest BCUT2D eigenvalue weighted by atomic mass is 9.88. The van der Waals surface area contributed by atoms with E-state index in [9.17, 15) is 0 Å². The summed E-state index contributed by atoms with van der Waals surface area (Å²) in [4.78, 5) is 9.90. The Balaban J connectivity index is 1.90. The number of rotatable bonds is 6. The largest absolute Gasteiger partial charge is 0.369 e. The van der Waals surface area contributed by atoms with E-state index in [4.69, 9.17) is 9.97 Å². The van der Waals surface area contributed by atoms with Gasteiger partial charge in [0.15, 0.2) is 0 Å². The van der Waals surface area contributed by atoms with E-state index in [0.717, 1.165) is 49.3 Å². The van der Waals surface area contributed by atoms with Gasteiger partial charge in [0.1, 0.15) is 11.6 Å². The Morgan fingerprint density at radius 2 is 2.00 bits per heavy atom. The van der Waals surface area contributed by atoms with Gasteiger partial charge in [-0.1, -0.05) is 26.7 Å². The Kier molecular flexibility index (Phi) is 5.02. The Bertz CT molecular complexity index is 503. The first-order valence-corrected chi connectivity index (χ1v) is 9.60. The van der Waals surface area contributed by atoms with Crippen LogP contribution in [0.4, 0.5) is 5.82 Å². The van der Waals surface area contributed by atoms with Crippen molar-refractivity contribution in [2.24, 2.45) is 11.8 Å². The zero-order valence-electron chi connectivity index (χ0n) is 13.2. The average molecular weight is 399 g/mol. The zero-order valence-corrected chi connectivity index (χ0v) is 15.3. The fourth-order valence-corrected chi connectivity index (χ4v) is 4.70. The number of nitrogens with one attached hydrogen (secondary N) is 1. The molecular formula is C17H26IN3. The van der Waals surface area contributed by atoms with Crippen LogP contribution in [0, 0.1) is 15.4 Å². The molecule has 0 saturated heterocycles. The molecule has 0 aliphatic heterocycles. The number of fused-ring (bicyclic) bond motifs is 2. The van der Waals surface area contributed by atoms with E-state index in [1.54, 1.807) is 0 Å². The van der Waals surface area contributed by atoms with Gasteiger partial charge in [-0.05, 0) is 66.5 Å². The summed E-state index contributed by atoms with van der Waals surface area (Å²) in [6.07, 6.45) is 8.92. The van der Waals surface area contributed by atoms with Crippen molar-refractivity contribution < 1.29 is 0 Å². The maximum atomic E-state index is 4.97. The summed E-state index contributed by atoms with van der Waals surface area (Å²) in [6, 6.07) is 0. The lowest BCUT2D eigenvalue weighted by molar-refractivity contribution is 0.404. The fourth-order valence-electron chi connectivity index (χ4n) is 4.00. The first kappa shape index (κ1) is 15.5. The van der Waals surface area contributed by atoms with Crippen LogP contribution in [0.2, 0.25) is 0 Å². The Hall–Kier alpha value is -0.390. The van der Waals surface area contributed by atoms with Crippen LogP contribution < -0.4 is 5.32 Å². The van der Waals surface area contributed by atoms with Gasteiger partial charge in [-0.3, -0.25) is 0 Å². The fraction of sp³-hybridized carbons (Fsp3) is 0.765. The van der Waals surface area contributed by atoms with Crippen molar-refractivity contribution in [3.63, 3.8) is 0 Å². The minimum Gasteiger partial charge on any atom is -0.369 e. The third-order valence-electron chi connectivity index (χ3n) is 5.04. The highest BCUT2D eigenvalue weighted by molar-refractivity contribution is 14.1. The molecule has 0 radical (unpaired) electrons. The molecule has 21 heavy (non-hydrogen) atoms. The maximum absolute atomic E-state index is 4.97. The molecule has 1 aromatic rings. The normalized spacial score (nSPS) is 27.3. The van der Waals surface area contributed by atoms with E-state index in [2.05, 4.69) is 41.8 Å². The third-order valence-corrected chi connectivity index (χ3v) is 6.17. The highest BCUT2D eigenvalue weighted by atomic mass is 127. The van der Waals surface area contributed by atoms with Crippen molar-refractivity contribution in [2.75, 3.05) is 11.9 Å². The van der Waals surface area contributed by atoms with E-state index < -0.39 is 0 Å². The second-order valence-corrected chi connectivity index (χ2v) is 7.73. The van der Waals surface area contributed by atoms with Crippen LogP contribution in [0.25, 0.3) is 0 Å². The monoisotopic (exact) mass is 399 g/mol. The van der Waals surface area contributed by atoms with Gasteiger partial charge in [0.2, 0.25) is 0 Å². The van der Waals surface area contributed by atoms with Gasteiger partial charge < -0.3 is 5.32 Å². The number of hydrogen-bond donors (Lipinski definition) is 1. The number of nitrogens with zero attached hydrogens (tertiary/aromatic N) is 2. The Labute approximate surface area is 141 Å². The van der Waals surface area contributed by atoms with E-state index >= 15 is 0 Å². The SMILES string of the molecule is CCCNc1nc(C2CC3CCC2C3)nc(CCC)c1I. The van der Waals surface area contributed by atoms with E-state index in [1.807, 2.05) is 0 Å². The number of aromatic nitrogens is 2. The first-order valence-electron chi connectivity index (χ1n) is 8.53. The van der Waals surface area contributed by atoms with Gasteiger partial charge in [0, 0.05) is 12.5 Å².